The minimum Gasteiger partial charge on any atom is -0.507 e. The first kappa shape index (κ1) is 27.4. The summed E-state index contributed by atoms with van der Waals surface area (Å²) >= 11 is 0. The lowest BCUT2D eigenvalue weighted by atomic mass is 9.95. The molecule has 0 radical (unpaired) electrons. The molecule has 8 nitrogen and oxygen atoms in total. The molecular formula is C32H36N4O4. The number of aliphatic hydroxyl groups excluding tert-OH is 1. The van der Waals surface area contributed by atoms with Gasteiger partial charge >= 0.3 is 0 Å². The quantitative estimate of drug-likeness (QED) is 0.262. The number of benzene rings is 2. The maximum Gasteiger partial charge on any atom is 0.300 e. The molecule has 1 aromatic heterocycles. The number of aromatic nitrogens is 1. The van der Waals surface area contributed by atoms with Crippen LogP contribution in [0, 0.1) is 12.8 Å². The number of ketones is 1. The standard InChI is InChI=1S/C32H36N4O4/c1-21(2)20-40-27-12-7-23(18-22(27)3)30(37)28-29(24-6-5-13-33-19-24)36(32(39)31(28)38)26-10-8-25(9-11-26)35-16-14-34(4)15-17-35/h5-13,18-19,21,29,37H,14-17,20H2,1-4H3/b30-28-. The average molecular weight is 541 g/mol. The highest BCUT2D eigenvalue weighted by atomic mass is 16.5. The fourth-order valence-corrected chi connectivity index (χ4v) is 5.21. The van der Waals surface area contributed by atoms with Gasteiger partial charge < -0.3 is 19.6 Å². The van der Waals surface area contributed by atoms with E-state index in [0.29, 0.717) is 29.3 Å². The molecule has 40 heavy (non-hydrogen) atoms. The molecule has 208 valence electrons. The van der Waals surface area contributed by atoms with E-state index in [2.05, 4.69) is 35.7 Å². The Labute approximate surface area is 235 Å². The number of nitrogens with zero attached hydrogens (tertiary/aromatic N) is 4. The van der Waals surface area contributed by atoms with Crippen LogP contribution in [0.2, 0.25) is 0 Å². The summed E-state index contributed by atoms with van der Waals surface area (Å²) in [4.78, 5) is 37.3. The number of aliphatic hydroxyl groups is 1. The number of aryl methyl sites for hydroxylation is 1. The maximum atomic E-state index is 13.5. The van der Waals surface area contributed by atoms with E-state index in [1.165, 1.54) is 4.90 Å². The molecule has 3 heterocycles. The molecule has 2 aliphatic heterocycles. The average Bonchev–Trinajstić information content (AvgIpc) is 3.22. The lowest BCUT2D eigenvalue weighted by Crippen LogP contribution is -2.44. The second kappa shape index (κ2) is 11.5. The summed E-state index contributed by atoms with van der Waals surface area (Å²) in [5.74, 6) is -0.542. The van der Waals surface area contributed by atoms with Crippen molar-refractivity contribution in [2.24, 2.45) is 5.92 Å². The second-order valence-corrected chi connectivity index (χ2v) is 10.9. The van der Waals surface area contributed by atoms with Gasteiger partial charge in [-0.25, -0.2) is 0 Å². The van der Waals surface area contributed by atoms with Crippen molar-refractivity contribution < 1.29 is 19.4 Å². The normalized spacial score (nSPS) is 19.5. The van der Waals surface area contributed by atoms with E-state index in [4.69, 9.17) is 4.74 Å². The zero-order valence-corrected chi connectivity index (χ0v) is 23.5. The number of carbonyl (C=O) groups is 2. The van der Waals surface area contributed by atoms with Crippen LogP contribution in [0.1, 0.15) is 36.6 Å². The summed E-state index contributed by atoms with van der Waals surface area (Å²) in [6, 6.07) is 15.8. The molecule has 1 atom stereocenters. The van der Waals surface area contributed by atoms with E-state index in [0.717, 1.165) is 43.2 Å². The highest BCUT2D eigenvalue weighted by molar-refractivity contribution is 6.51. The smallest absolute Gasteiger partial charge is 0.300 e. The number of piperazine rings is 1. The maximum absolute atomic E-state index is 13.5. The fraction of sp³-hybridized carbons (Fsp3) is 0.344. The van der Waals surface area contributed by atoms with Crippen molar-refractivity contribution in [3.63, 3.8) is 0 Å². The Morgan fingerprint density at radius 3 is 2.35 bits per heavy atom. The Morgan fingerprint density at radius 2 is 1.73 bits per heavy atom. The Bertz CT molecular complexity index is 1410. The molecule has 2 fully saturated rings. The van der Waals surface area contributed by atoms with Gasteiger partial charge in [0.1, 0.15) is 11.5 Å². The summed E-state index contributed by atoms with van der Waals surface area (Å²) in [6.07, 6.45) is 3.27. The van der Waals surface area contributed by atoms with Crippen molar-refractivity contribution in [1.29, 1.82) is 0 Å². The van der Waals surface area contributed by atoms with Gasteiger partial charge in [0.05, 0.1) is 18.2 Å². The van der Waals surface area contributed by atoms with Crippen LogP contribution < -0.4 is 14.5 Å². The molecular weight excluding hydrogens is 504 g/mol. The predicted octanol–water partition coefficient (Wildman–Crippen LogP) is 4.80. The minimum atomic E-state index is -0.819. The Balaban J connectivity index is 1.52. The van der Waals surface area contributed by atoms with Crippen LogP contribution in [0.5, 0.6) is 5.75 Å². The van der Waals surface area contributed by atoms with Crippen molar-refractivity contribution in [2.45, 2.75) is 26.8 Å². The molecule has 3 aromatic rings. The number of hydrogen-bond acceptors (Lipinski definition) is 7. The zero-order valence-electron chi connectivity index (χ0n) is 23.5. The number of amides is 1. The zero-order chi connectivity index (χ0) is 28.4. The monoisotopic (exact) mass is 540 g/mol. The lowest BCUT2D eigenvalue weighted by molar-refractivity contribution is -0.132. The molecule has 1 N–H and O–H groups in total. The number of pyridine rings is 1. The van der Waals surface area contributed by atoms with E-state index in [1.807, 2.05) is 37.3 Å². The third-order valence-corrected chi connectivity index (χ3v) is 7.46. The molecule has 2 aromatic carbocycles. The molecule has 0 bridgehead atoms. The molecule has 1 unspecified atom stereocenters. The van der Waals surface area contributed by atoms with Gasteiger partial charge in [-0.1, -0.05) is 19.9 Å². The number of hydrogen-bond donors (Lipinski definition) is 1. The highest BCUT2D eigenvalue weighted by Gasteiger charge is 2.47. The Morgan fingerprint density at radius 1 is 1.02 bits per heavy atom. The van der Waals surface area contributed by atoms with Crippen LogP contribution in [0.15, 0.2) is 72.6 Å². The van der Waals surface area contributed by atoms with Crippen LogP contribution in [-0.2, 0) is 9.59 Å². The van der Waals surface area contributed by atoms with Gasteiger partial charge in [-0.2, -0.15) is 0 Å². The van der Waals surface area contributed by atoms with Crippen LogP contribution in [0.4, 0.5) is 11.4 Å². The van der Waals surface area contributed by atoms with E-state index in [9.17, 15) is 14.7 Å². The molecule has 0 aliphatic carbocycles. The lowest BCUT2D eigenvalue weighted by Gasteiger charge is -2.34. The summed E-state index contributed by atoms with van der Waals surface area (Å²) in [5, 5.41) is 11.5. The summed E-state index contributed by atoms with van der Waals surface area (Å²) in [7, 11) is 2.12. The predicted molar refractivity (Wildman–Crippen MR) is 157 cm³/mol. The SMILES string of the molecule is Cc1cc(/C(O)=C2/C(=O)C(=O)N(c3ccc(N4CCN(C)CC4)cc3)C2c2cccnc2)ccc1OCC(C)C. The number of rotatable bonds is 7. The van der Waals surface area contributed by atoms with E-state index in [1.54, 1.807) is 36.7 Å². The van der Waals surface area contributed by atoms with Crippen LogP contribution in [0.3, 0.4) is 0 Å². The van der Waals surface area contributed by atoms with Gasteiger partial charge in [0.25, 0.3) is 11.7 Å². The molecule has 5 rings (SSSR count). The summed E-state index contributed by atoms with van der Waals surface area (Å²) < 4.78 is 5.88. The number of carbonyl (C=O) groups excluding carboxylic acids is 2. The van der Waals surface area contributed by atoms with Crippen LogP contribution >= 0.6 is 0 Å². The topological polar surface area (TPSA) is 86.2 Å². The molecule has 8 heteroatoms. The van der Waals surface area contributed by atoms with Gasteiger partial charge in [0, 0.05) is 55.5 Å². The Kier molecular flexibility index (Phi) is 7.89. The number of ether oxygens (including phenoxy) is 1. The van der Waals surface area contributed by atoms with Crippen molar-refractivity contribution in [3.8, 4) is 5.75 Å². The van der Waals surface area contributed by atoms with Crippen LogP contribution in [0.25, 0.3) is 5.76 Å². The summed E-state index contributed by atoms with van der Waals surface area (Å²) in [5.41, 5.74) is 3.61. The number of Topliss-reactive ketones (excluding diaryl/α,β-unsaturated/α-hetero) is 1. The van der Waals surface area contributed by atoms with Gasteiger partial charge in [0.15, 0.2) is 0 Å². The highest BCUT2D eigenvalue weighted by Crippen LogP contribution is 2.42. The molecule has 1 amide bonds. The molecule has 2 saturated heterocycles. The minimum absolute atomic E-state index is 0.0383. The third kappa shape index (κ3) is 5.45. The first-order valence-electron chi connectivity index (χ1n) is 13.7. The van der Waals surface area contributed by atoms with Crippen molar-refractivity contribution in [1.82, 2.24) is 9.88 Å². The van der Waals surface area contributed by atoms with Gasteiger partial charge in [-0.3, -0.25) is 19.5 Å². The van der Waals surface area contributed by atoms with Gasteiger partial charge in [-0.05, 0) is 79.5 Å². The number of anilines is 2. The van der Waals surface area contributed by atoms with Crippen molar-refractivity contribution in [3.05, 3.63) is 89.3 Å². The van der Waals surface area contributed by atoms with Crippen molar-refractivity contribution in [2.75, 3.05) is 49.6 Å². The summed E-state index contributed by atoms with van der Waals surface area (Å²) in [6.45, 7) is 10.5. The van der Waals surface area contributed by atoms with E-state index in [-0.39, 0.29) is 11.3 Å². The van der Waals surface area contributed by atoms with Gasteiger partial charge in [-0.15, -0.1) is 0 Å². The molecule has 2 aliphatic rings. The van der Waals surface area contributed by atoms with Crippen molar-refractivity contribution >= 4 is 28.8 Å². The first-order valence-corrected chi connectivity index (χ1v) is 13.7. The molecule has 0 spiro atoms. The van der Waals surface area contributed by atoms with Crippen LogP contribution in [-0.4, -0.2) is 66.5 Å². The first-order chi connectivity index (χ1) is 19.2. The Hall–Kier alpha value is -4.17. The fourth-order valence-electron chi connectivity index (χ4n) is 5.21. The van der Waals surface area contributed by atoms with Gasteiger partial charge in [0.2, 0.25) is 0 Å². The third-order valence-electron chi connectivity index (χ3n) is 7.46. The van der Waals surface area contributed by atoms with E-state index >= 15 is 0 Å². The van der Waals surface area contributed by atoms with E-state index < -0.39 is 17.7 Å². The molecule has 0 saturated carbocycles. The second-order valence-electron chi connectivity index (χ2n) is 10.9. The largest absolute Gasteiger partial charge is 0.507 e. The number of likely N-dealkylation sites (N-methyl/N-ethyl adjacent to an activating group) is 1.